The predicted molar refractivity (Wildman–Crippen MR) is 54.0 cm³/mol. The van der Waals surface area contributed by atoms with Crippen LogP contribution in [0.3, 0.4) is 0 Å². The van der Waals surface area contributed by atoms with Crippen LogP contribution in [0.15, 0.2) is 12.4 Å². The highest BCUT2D eigenvalue weighted by Gasteiger charge is 2.14. The zero-order valence-corrected chi connectivity index (χ0v) is 8.52. The number of nitrogens with zero attached hydrogens (tertiary/aromatic N) is 2. The SMILES string of the molecule is CC(Nc1cnn(C)c1)C(=O)NC(N)=O. The summed E-state index contributed by atoms with van der Waals surface area (Å²) in [5, 5.41) is 8.77. The van der Waals surface area contributed by atoms with E-state index in [1.165, 1.54) is 0 Å². The molecule has 1 aromatic rings. The number of imide groups is 1. The standard InChI is InChI=1S/C8H13N5O2/c1-5(7(14)12-8(9)15)11-6-3-10-13(2)4-6/h3-5,11H,1-2H3,(H3,9,12,14,15). The second kappa shape index (κ2) is 4.45. The number of nitrogens with two attached hydrogens (primary N) is 1. The molecule has 3 amide bonds. The number of hydrogen-bond acceptors (Lipinski definition) is 4. The lowest BCUT2D eigenvalue weighted by molar-refractivity contribution is -0.120. The maximum absolute atomic E-state index is 11.3. The van der Waals surface area contributed by atoms with Crippen LogP contribution in [0.2, 0.25) is 0 Å². The van der Waals surface area contributed by atoms with E-state index in [0.29, 0.717) is 5.69 Å². The van der Waals surface area contributed by atoms with Crippen LogP contribution in [0.1, 0.15) is 6.92 Å². The fraction of sp³-hybridized carbons (Fsp3) is 0.375. The molecule has 15 heavy (non-hydrogen) atoms. The minimum absolute atomic E-state index is 0.480. The molecule has 7 nitrogen and oxygen atoms in total. The van der Waals surface area contributed by atoms with Gasteiger partial charge in [0, 0.05) is 13.2 Å². The van der Waals surface area contributed by atoms with Crippen molar-refractivity contribution < 1.29 is 9.59 Å². The molecule has 1 atom stereocenters. The van der Waals surface area contributed by atoms with Crippen molar-refractivity contribution in [2.75, 3.05) is 5.32 Å². The largest absolute Gasteiger partial charge is 0.371 e. The van der Waals surface area contributed by atoms with E-state index in [1.807, 2.05) is 5.32 Å². The summed E-state index contributed by atoms with van der Waals surface area (Å²) in [6.07, 6.45) is 3.29. The summed E-state index contributed by atoms with van der Waals surface area (Å²) in [5.74, 6) is -0.480. The van der Waals surface area contributed by atoms with Crippen molar-refractivity contribution in [1.82, 2.24) is 15.1 Å². The molecule has 0 bridgehead atoms. The summed E-state index contributed by atoms with van der Waals surface area (Å²) in [7, 11) is 1.76. The number of primary amides is 1. The predicted octanol–water partition coefficient (Wildman–Crippen LogP) is -0.585. The maximum Gasteiger partial charge on any atom is 0.318 e. The number of aryl methyl sites for hydroxylation is 1. The minimum atomic E-state index is -0.861. The van der Waals surface area contributed by atoms with E-state index in [0.717, 1.165) is 0 Å². The second-order valence-corrected chi connectivity index (χ2v) is 3.12. The molecule has 0 saturated heterocycles. The van der Waals surface area contributed by atoms with Crippen LogP contribution in [0, 0.1) is 0 Å². The van der Waals surface area contributed by atoms with Crippen LogP contribution in [0.25, 0.3) is 0 Å². The van der Waals surface area contributed by atoms with Gasteiger partial charge in [-0.1, -0.05) is 0 Å². The first-order chi connectivity index (χ1) is 6.99. The van der Waals surface area contributed by atoms with Gasteiger partial charge in [-0.15, -0.1) is 0 Å². The van der Waals surface area contributed by atoms with Gasteiger partial charge in [-0.05, 0) is 6.92 Å². The highest BCUT2D eigenvalue weighted by atomic mass is 16.2. The molecule has 0 aliphatic heterocycles. The van der Waals surface area contributed by atoms with Gasteiger partial charge in [-0.3, -0.25) is 14.8 Å². The van der Waals surface area contributed by atoms with E-state index >= 15 is 0 Å². The molecule has 4 N–H and O–H groups in total. The fourth-order valence-electron chi connectivity index (χ4n) is 1.04. The Morgan fingerprint density at radius 3 is 2.73 bits per heavy atom. The molecular weight excluding hydrogens is 198 g/mol. The Bertz CT molecular complexity index is 373. The number of carbonyl (C=O) groups is 2. The first kappa shape index (κ1) is 11.0. The van der Waals surface area contributed by atoms with Crippen LogP contribution in [0.4, 0.5) is 10.5 Å². The van der Waals surface area contributed by atoms with Crippen molar-refractivity contribution in [2.24, 2.45) is 12.8 Å². The van der Waals surface area contributed by atoms with Crippen LogP contribution in [-0.2, 0) is 11.8 Å². The first-order valence-electron chi connectivity index (χ1n) is 4.34. The highest BCUT2D eigenvalue weighted by molar-refractivity contribution is 5.97. The lowest BCUT2D eigenvalue weighted by Gasteiger charge is -2.11. The molecule has 1 heterocycles. The molecule has 1 unspecified atom stereocenters. The van der Waals surface area contributed by atoms with Crippen LogP contribution in [0.5, 0.6) is 0 Å². The van der Waals surface area contributed by atoms with Gasteiger partial charge < -0.3 is 11.1 Å². The molecular formula is C8H13N5O2. The molecule has 0 saturated carbocycles. The lowest BCUT2D eigenvalue weighted by Crippen LogP contribution is -2.43. The summed E-state index contributed by atoms with van der Waals surface area (Å²) >= 11 is 0. The number of hydrogen-bond donors (Lipinski definition) is 3. The maximum atomic E-state index is 11.3. The van der Waals surface area contributed by atoms with Gasteiger partial charge in [0.2, 0.25) is 5.91 Å². The van der Waals surface area contributed by atoms with Gasteiger partial charge in [0.25, 0.3) is 0 Å². The number of carbonyl (C=O) groups excluding carboxylic acids is 2. The third-order valence-electron chi connectivity index (χ3n) is 1.73. The van der Waals surface area contributed by atoms with Crippen molar-refractivity contribution in [2.45, 2.75) is 13.0 Å². The summed E-state index contributed by atoms with van der Waals surface area (Å²) in [6, 6.07) is -1.42. The quantitative estimate of drug-likeness (QED) is 0.622. The monoisotopic (exact) mass is 211 g/mol. The van der Waals surface area contributed by atoms with Gasteiger partial charge in [-0.2, -0.15) is 5.10 Å². The van der Waals surface area contributed by atoms with Crippen LogP contribution >= 0.6 is 0 Å². The van der Waals surface area contributed by atoms with E-state index in [1.54, 1.807) is 31.0 Å². The Labute approximate surface area is 86.6 Å². The average Bonchev–Trinajstić information content (AvgIpc) is 2.50. The number of urea groups is 1. The van der Waals surface area contributed by atoms with E-state index in [2.05, 4.69) is 10.4 Å². The van der Waals surface area contributed by atoms with Crippen LogP contribution < -0.4 is 16.4 Å². The second-order valence-electron chi connectivity index (χ2n) is 3.12. The highest BCUT2D eigenvalue weighted by Crippen LogP contribution is 2.05. The number of aromatic nitrogens is 2. The van der Waals surface area contributed by atoms with E-state index in [-0.39, 0.29) is 0 Å². The third-order valence-corrected chi connectivity index (χ3v) is 1.73. The average molecular weight is 211 g/mol. The minimum Gasteiger partial charge on any atom is -0.371 e. The molecule has 7 heteroatoms. The lowest BCUT2D eigenvalue weighted by atomic mass is 10.3. The molecule has 0 aliphatic carbocycles. The number of rotatable bonds is 3. The first-order valence-corrected chi connectivity index (χ1v) is 4.34. The van der Waals surface area contributed by atoms with E-state index in [4.69, 9.17) is 5.73 Å². The van der Waals surface area contributed by atoms with Gasteiger partial charge in [-0.25, -0.2) is 4.79 Å². The van der Waals surface area contributed by atoms with Gasteiger partial charge in [0.15, 0.2) is 0 Å². The van der Waals surface area contributed by atoms with Crippen molar-refractivity contribution in [3.63, 3.8) is 0 Å². The van der Waals surface area contributed by atoms with E-state index in [9.17, 15) is 9.59 Å². The number of nitrogens with one attached hydrogen (secondary N) is 2. The normalized spacial score (nSPS) is 11.9. The van der Waals surface area contributed by atoms with Crippen LogP contribution in [-0.4, -0.2) is 27.8 Å². The summed E-state index contributed by atoms with van der Waals surface area (Å²) in [5.41, 5.74) is 5.51. The molecule has 0 radical (unpaired) electrons. The van der Waals surface area contributed by atoms with Gasteiger partial charge in [0.1, 0.15) is 6.04 Å². The Hall–Kier alpha value is -2.05. The van der Waals surface area contributed by atoms with Gasteiger partial charge >= 0.3 is 6.03 Å². The zero-order chi connectivity index (χ0) is 11.4. The van der Waals surface area contributed by atoms with Crippen molar-refractivity contribution >= 4 is 17.6 Å². The zero-order valence-electron chi connectivity index (χ0n) is 8.52. The smallest absolute Gasteiger partial charge is 0.318 e. The summed E-state index contributed by atoms with van der Waals surface area (Å²) < 4.78 is 1.60. The summed E-state index contributed by atoms with van der Waals surface area (Å²) in [4.78, 5) is 21.7. The Balaban J connectivity index is 2.51. The molecule has 0 fully saturated rings. The molecule has 82 valence electrons. The molecule has 0 spiro atoms. The van der Waals surface area contributed by atoms with Gasteiger partial charge in [0.05, 0.1) is 11.9 Å². The van der Waals surface area contributed by atoms with E-state index < -0.39 is 18.0 Å². The molecule has 0 aliphatic rings. The Morgan fingerprint density at radius 1 is 1.60 bits per heavy atom. The van der Waals surface area contributed by atoms with Crippen molar-refractivity contribution in [1.29, 1.82) is 0 Å². The fourth-order valence-corrected chi connectivity index (χ4v) is 1.04. The Kier molecular flexibility index (Phi) is 3.27. The third kappa shape index (κ3) is 3.29. The number of anilines is 1. The van der Waals surface area contributed by atoms with Crippen molar-refractivity contribution in [3.8, 4) is 0 Å². The molecule has 1 aromatic heterocycles. The number of amides is 3. The molecule has 0 aromatic carbocycles. The Morgan fingerprint density at radius 2 is 2.27 bits per heavy atom. The molecule has 1 rings (SSSR count). The topological polar surface area (TPSA) is 102 Å². The summed E-state index contributed by atoms with van der Waals surface area (Å²) in [6.45, 7) is 1.62. The van der Waals surface area contributed by atoms with Crippen molar-refractivity contribution in [3.05, 3.63) is 12.4 Å².